The van der Waals surface area contributed by atoms with Crippen LogP contribution in [0.2, 0.25) is 0 Å². The highest BCUT2D eigenvalue weighted by molar-refractivity contribution is 6.70. The van der Waals surface area contributed by atoms with Crippen LogP contribution in [-0.4, -0.2) is 41.4 Å². The van der Waals surface area contributed by atoms with Crippen molar-refractivity contribution in [2.75, 3.05) is 5.32 Å². The van der Waals surface area contributed by atoms with Crippen molar-refractivity contribution in [2.45, 2.75) is 77.7 Å². The van der Waals surface area contributed by atoms with Gasteiger partial charge in [0.05, 0.1) is 11.1 Å². The van der Waals surface area contributed by atoms with Crippen LogP contribution in [0.1, 0.15) is 66.5 Å². The minimum absolute atomic E-state index is 0.294. The molecule has 56 heavy (non-hydrogen) atoms. The van der Waals surface area contributed by atoms with Crippen molar-refractivity contribution in [3.05, 3.63) is 145 Å². The van der Waals surface area contributed by atoms with Crippen molar-refractivity contribution in [3.8, 4) is 44.5 Å². The molecule has 6 aromatic carbocycles. The van der Waals surface area contributed by atoms with Crippen LogP contribution < -0.4 is 16.2 Å². The van der Waals surface area contributed by atoms with Gasteiger partial charge >= 0.3 is 0 Å². The van der Waals surface area contributed by atoms with Crippen molar-refractivity contribution in [2.24, 2.45) is 9.98 Å². The second-order valence-corrected chi connectivity index (χ2v) is 17.5. The van der Waals surface area contributed by atoms with Crippen LogP contribution in [-0.2, 0) is 9.47 Å². The molecular weight excluding hydrogens is 685 g/mol. The maximum atomic E-state index is 6.31. The van der Waals surface area contributed by atoms with E-state index in [-0.39, 0.29) is 22.3 Å². The van der Waals surface area contributed by atoms with Crippen molar-refractivity contribution in [1.29, 1.82) is 0 Å². The van der Waals surface area contributed by atoms with Gasteiger partial charge in [-0.2, -0.15) is 0 Å². The average Bonchev–Trinajstić information content (AvgIpc) is 3.55. The molecular formula is C50H48BN3O2. The Labute approximate surface area is 331 Å². The van der Waals surface area contributed by atoms with Gasteiger partial charge in [0, 0.05) is 33.6 Å². The van der Waals surface area contributed by atoms with Gasteiger partial charge < -0.3 is 14.8 Å². The van der Waals surface area contributed by atoms with E-state index in [0.29, 0.717) is 11.8 Å². The molecule has 0 amide bonds. The van der Waals surface area contributed by atoms with E-state index in [4.69, 9.17) is 19.5 Å². The van der Waals surface area contributed by atoms with Gasteiger partial charge in [-0.3, -0.25) is 0 Å². The Hall–Kier alpha value is -5.88. The summed E-state index contributed by atoms with van der Waals surface area (Å²) in [4.78, 5) is 9.85. The average molecular weight is 734 g/mol. The van der Waals surface area contributed by atoms with Crippen LogP contribution in [0.25, 0.3) is 44.5 Å². The SMILES string of the molecule is CC1(C)N=C(c2ccc(-c3ccc4c(c3)-c3ccccc3Bc3ccccc3-c3cc(-c5ccc(C6=NC(C)(C)C(C)(C)O6)cc5)ccc3N4)cc2)OC1(C)C. The third-order valence-corrected chi connectivity index (χ3v) is 12.6. The van der Waals surface area contributed by atoms with Gasteiger partial charge in [-0.15, -0.1) is 0 Å². The summed E-state index contributed by atoms with van der Waals surface area (Å²) >= 11 is 0. The minimum Gasteiger partial charge on any atom is -0.469 e. The molecule has 0 spiro atoms. The second kappa shape index (κ2) is 12.8. The fraction of sp³-hybridized carbons (Fsp3) is 0.240. The number of nitrogens with one attached hydrogen (secondary N) is 1. The summed E-state index contributed by atoms with van der Waals surface area (Å²) < 4.78 is 12.6. The Balaban J connectivity index is 1.10. The summed E-state index contributed by atoms with van der Waals surface area (Å²) in [6, 6.07) is 48.4. The Morgan fingerprint density at radius 3 is 1.14 bits per heavy atom. The topological polar surface area (TPSA) is 55.2 Å². The highest BCUT2D eigenvalue weighted by atomic mass is 16.5. The predicted molar refractivity (Wildman–Crippen MR) is 236 cm³/mol. The molecule has 3 aliphatic rings. The van der Waals surface area contributed by atoms with Gasteiger partial charge in [0.15, 0.2) is 7.28 Å². The molecule has 6 aromatic rings. The number of anilines is 2. The normalized spacial score (nSPS) is 17.9. The molecule has 0 atom stereocenters. The Morgan fingerprint density at radius 1 is 0.411 bits per heavy atom. The zero-order valence-corrected chi connectivity index (χ0v) is 33.6. The first-order chi connectivity index (χ1) is 26.7. The number of rotatable bonds is 4. The summed E-state index contributed by atoms with van der Waals surface area (Å²) in [6.45, 7) is 16.9. The number of hydrogen-bond acceptors (Lipinski definition) is 5. The van der Waals surface area contributed by atoms with E-state index in [2.05, 4.69) is 194 Å². The fourth-order valence-corrected chi connectivity index (χ4v) is 7.75. The molecule has 1 N–H and O–H groups in total. The maximum absolute atomic E-state index is 6.31. The molecule has 0 saturated heterocycles. The van der Waals surface area contributed by atoms with Gasteiger partial charge in [-0.1, -0.05) is 95.9 Å². The second-order valence-electron chi connectivity index (χ2n) is 17.5. The minimum atomic E-state index is -0.364. The van der Waals surface area contributed by atoms with Gasteiger partial charge in [0.2, 0.25) is 11.8 Å². The molecule has 3 aliphatic heterocycles. The number of fused-ring (bicyclic) bond motifs is 6. The van der Waals surface area contributed by atoms with E-state index in [9.17, 15) is 0 Å². The van der Waals surface area contributed by atoms with Gasteiger partial charge in [0.25, 0.3) is 0 Å². The molecule has 0 radical (unpaired) electrons. The highest BCUT2D eigenvalue weighted by Gasteiger charge is 2.46. The summed E-state index contributed by atoms with van der Waals surface area (Å²) in [6.07, 6.45) is 0. The molecule has 6 heteroatoms. The lowest BCUT2D eigenvalue weighted by Gasteiger charge is -2.30. The predicted octanol–water partition coefficient (Wildman–Crippen LogP) is 10.5. The summed E-state index contributed by atoms with van der Waals surface area (Å²) in [5.41, 5.74) is 14.8. The fourth-order valence-electron chi connectivity index (χ4n) is 7.75. The summed E-state index contributed by atoms with van der Waals surface area (Å²) in [5.74, 6) is 1.41. The smallest absolute Gasteiger partial charge is 0.217 e. The molecule has 0 aliphatic carbocycles. The third kappa shape index (κ3) is 6.12. The van der Waals surface area contributed by atoms with Crippen LogP contribution in [0.3, 0.4) is 0 Å². The first-order valence-electron chi connectivity index (χ1n) is 19.7. The molecule has 5 nitrogen and oxygen atoms in total. The summed E-state index contributed by atoms with van der Waals surface area (Å²) in [5, 5.41) is 3.91. The molecule has 9 rings (SSSR count). The quantitative estimate of drug-likeness (QED) is 0.183. The monoisotopic (exact) mass is 733 g/mol. The van der Waals surface area contributed by atoms with Crippen LogP contribution in [0.4, 0.5) is 11.4 Å². The Bertz CT molecular complexity index is 2400. The van der Waals surface area contributed by atoms with Crippen LogP contribution in [0.5, 0.6) is 0 Å². The van der Waals surface area contributed by atoms with Crippen molar-refractivity contribution in [3.63, 3.8) is 0 Å². The lowest BCUT2D eigenvalue weighted by molar-refractivity contribution is 0.0618. The Morgan fingerprint density at radius 2 is 0.768 bits per heavy atom. The molecule has 0 aromatic heterocycles. The molecule has 0 unspecified atom stereocenters. The number of benzene rings is 6. The van der Waals surface area contributed by atoms with Crippen LogP contribution >= 0.6 is 0 Å². The largest absolute Gasteiger partial charge is 0.469 e. The van der Waals surface area contributed by atoms with Crippen molar-refractivity contribution in [1.82, 2.24) is 0 Å². The first-order valence-corrected chi connectivity index (χ1v) is 19.7. The van der Waals surface area contributed by atoms with E-state index in [1.54, 1.807) is 0 Å². The van der Waals surface area contributed by atoms with E-state index < -0.39 is 0 Å². The van der Waals surface area contributed by atoms with Crippen molar-refractivity contribution < 1.29 is 9.47 Å². The van der Waals surface area contributed by atoms with E-state index >= 15 is 0 Å². The van der Waals surface area contributed by atoms with Crippen LogP contribution in [0.15, 0.2) is 143 Å². The zero-order valence-electron chi connectivity index (χ0n) is 33.6. The molecule has 0 saturated carbocycles. The number of nitrogens with zero attached hydrogens (tertiary/aromatic N) is 2. The molecule has 3 heterocycles. The van der Waals surface area contributed by atoms with Crippen molar-refractivity contribution >= 4 is 41.4 Å². The third-order valence-electron chi connectivity index (χ3n) is 12.6. The molecule has 278 valence electrons. The molecule has 0 bridgehead atoms. The Kier molecular flexibility index (Phi) is 8.21. The van der Waals surface area contributed by atoms with Gasteiger partial charge in [0.1, 0.15) is 11.2 Å². The van der Waals surface area contributed by atoms with Gasteiger partial charge in [-0.25, -0.2) is 9.98 Å². The lowest BCUT2D eigenvalue weighted by atomic mass is 9.59. The number of ether oxygens (including phenoxy) is 2. The van der Waals surface area contributed by atoms with E-state index in [1.165, 1.54) is 33.2 Å². The van der Waals surface area contributed by atoms with Gasteiger partial charge in [-0.05, 0) is 137 Å². The lowest BCUT2D eigenvalue weighted by Crippen LogP contribution is -2.41. The zero-order chi connectivity index (χ0) is 39.0. The molecule has 0 fully saturated rings. The number of aliphatic imine (C=N–C) groups is 2. The van der Waals surface area contributed by atoms with E-state index in [1.807, 2.05) is 0 Å². The maximum Gasteiger partial charge on any atom is 0.217 e. The standard InChI is InChI=1S/C50H48BN3O2/c1-47(2)49(5,6)55-45(53-47)33-21-17-31(18-22-33)35-25-27-43-39(29-35)37-13-9-11-15-41(37)51-42-16-12-10-14-38(42)40-30-36(26-28-44(40)52-43)32-19-23-34(24-20-32)46-54-48(3,4)50(7,8)56-46/h9-30,51-52H,1-8H3. The first kappa shape index (κ1) is 35.8. The van der Waals surface area contributed by atoms with Crippen LogP contribution in [0, 0.1) is 0 Å². The van der Waals surface area contributed by atoms with E-state index in [0.717, 1.165) is 52.0 Å². The highest BCUT2D eigenvalue weighted by Crippen LogP contribution is 2.41. The number of hydrogen-bond donors (Lipinski definition) is 1. The summed E-state index contributed by atoms with van der Waals surface area (Å²) in [7, 11) is 0.812.